The average molecular weight is 315 g/mol. The molecule has 1 saturated carbocycles. The van der Waals surface area contributed by atoms with E-state index in [2.05, 4.69) is 10.3 Å². The third kappa shape index (κ3) is 4.09. The normalized spacial score (nSPS) is 15.5. The Labute approximate surface area is 134 Å². The highest BCUT2D eigenvalue weighted by Crippen LogP contribution is 2.17. The molecule has 0 atom stereocenters. The number of amides is 1. The Morgan fingerprint density at radius 3 is 2.83 bits per heavy atom. The maximum absolute atomic E-state index is 11.9. The van der Waals surface area contributed by atoms with Crippen molar-refractivity contribution < 1.29 is 14.3 Å². The number of hydrogen-bond acceptors (Lipinski definition) is 4. The third-order valence-electron chi connectivity index (χ3n) is 4.16. The van der Waals surface area contributed by atoms with Crippen molar-refractivity contribution in [3.63, 3.8) is 0 Å². The minimum atomic E-state index is -0.438. The van der Waals surface area contributed by atoms with Gasteiger partial charge in [0, 0.05) is 6.04 Å². The van der Waals surface area contributed by atoms with Gasteiger partial charge in [0.1, 0.15) is 6.54 Å². The number of imidazole rings is 1. The summed E-state index contributed by atoms with van der Waals surface area (Å²) in [6.45, 7) is -0.167. The van der Waals surface area contributed by atoms with Crippen LogP contribution in [0, 0.1) is 0 Å². The monoisotopic (exact) mass is 315 g/mol. The first-order valence-electron chi connectivity index (χ1n) is 8.07. The molecule has 0 spiro atoms. The van der Waals surface area contributed by atoms with E-state index in [9.17, 15) is 9.59 Å². The lowest BCUT2D eigenvalue weighted by molar-refractivity contribution is -0.149. The Kier molecular flexibility index (Phi) is 4.90. The van der Waals surface area contributed by atoms with Crippen molar-refractivity contribution in [3.8, 4) is 0 Å². The van der Waals surface area contributed by atoms with Crippen LogP contribution in [0.25, 0.3) is 11.0 Å². The zero-order chi connectivity index (χ0) is 16.1. The smallest absolute Gasteiger partial charge is 0.326 e. The predicted octanol–water partition coefficient (Wildman–Crippen LogP) is 2.03. The van der Waals surface area contributed by atoms with Crippen LogP contribution in [-0.4, -0.2) is 34.1 Å². The third-order valence-corrected chi connectivity index (χ3v) is 4.16. The van der Waals surface area contributed by atoms with Crippen molar-refractivity contribution in [2.75, 3.05) is 6.61 Å². The summed E-state index contributed by atoms with van der Waals surface area (Å²) in [6.07, 6.45) is 7.17. The molecule has 0 saturated heterocycles. The van der Waals surface area contributed by atoms with E-state index in [0.29, 0.717) is 0 Å². The van der Waals surface area contributed by atoms with Crippen LogP contribution >= 0.6 is 0 Å². The predicted molar refractivity (Wildman–Crippen MR) is 85.7 cm³/mol. The summed E-state index contributed by atoms with van der Waals surface area (Å²) in [5, 5.41) is 2.93. The SMILES string of the molecule is O=C(COC(=O)Cn1cnc2ccccc21)NC1CCCCC1. The van der Waals surface area contributed by atoms with Crippen molar-refractivity contribution in [1.82, 2.24) is 14.9 Å². The number of carbonyl (C=O) groups excluding carboxylic acids is 2. The second-order valence-electron chi connectivity index (χ2n) is 5.92. The van der Waals surface area contributed by atoms with E-state index >= 15 is 0 Å². The molecular formula is C17H21N3O3. The molecule has 1 aromatic heterocycles. The van der Waals surface area contributed by atoms with Crippen LogP contribution in [0.4, 0.5) is 0 Å². The van der Waals surface area contributed by atoms with Crippen LogP contribution in [0.2, 0.25) is 0 Å². The minimum absolute atomic E-state index is 0.0528. The Morgan fingerprint density at radius 1 is 1.22 bits per heavy atom. The highest BCUT2D eigenvalue weighted by atomic mass is 16.5. The van der Waals surface area contributed by atoms with Crippen LogP contribution in [0.3, 0.4) is 0 Å². The van der Waals surface area contributed by atoms with Gasteiger partial charge in [0.05, 0.1) is 17.4 Å². The van der Waals surface area contributed by atoms with Crippen molar-refractivity contribution >= 4 is 22.9 Å². The van der Waals surface area contributed by atoms with Gasteiger partial charge < -0.3 is 14.6 Å². The first-order valence-corrected chi connectivity index (χ1v) is 8.07. The van der Waals surface area contributed by atoms with Crippen molar-refractivity contribution in [1.29, 1.82) is 0 Å². The number of aromatic nitrogens is 2. The fraction of sp³-hybridized carbons (Fsp3) is 0.471. The number of benzene rings is 1. The fourth-order valence-corrected chi connectivity index (χ4v) is 2.98. The molecule has 0 radical (unpaired) electrons. The Balaban J connectivity index is 1.46. The van der Waals surface area contributed by atoms with E-state index in [-0.39, 0.29) is 25.1 Å². The van der Waals surface area contributed by atoms with Crippen LogP contribution in [0.5, 0.6) is 0 Å². The Bertz CT molecular complexity index is 689. The molecule has 23 heavy (non-hydrogen) atoms. The second kappa shape index (κ2) is 7.26. The standard InChI is InChI=1S/C17H21N3O3/c21-16(19-13-6-2-1-3-7-13)11-23-17(22)10-20-12-18-14-8-4-5-9-15(14)20/h4-5,8-9,12-13H,1-3,6-7,10-11H2,(H,19,21). The van der Waals surface area contributed by atoms with Gasteiger partial charge in [0.15, 0.2) is 6.61 Å². The molecular weight excluding hydrogens is 294 g/mol. The van der Waals surface area contributed by atoms with Gasteiger partial charge in [0.25, 0.3) is 5.91 Å². The molecule has 1 aromatic carbocycles. The summed E-state index contributed by atoms with van der Waals surface area (Å²) in [4.78, 5) is 27.9. The van der Waals surface area contributed by atoms with Gasteiger partial charge in [-0.1, -0.05) is 31.4 Å². The van der Waals surface area contributed by atoms with Gasteiger partial charge in [-0.25, -0.2) is 4.98 Å². The Morgan fingerprint density at radius 2 is 2.00 bits per heavy atom. The molecule has 0 bridgehead atoms. The summed E-state index contributed by atoms with van der Waals surface area (Å²) in [5.41, 5.74) is 1.70. The van der Waals surface area contributed by atoms with Gasteiger partial charge in [0.2, 0.25) is 0 Å². The van der Waals surface area contributed by atoms with Gasteiger partial charge in [-0.05, 0) is 25.0 Å². The molecule has 3 rings (SSSR count). The molecule has 6 heteroatoms. The summed E-state index contributed by atoms with van der Waals surface area (Å²) in [7, 11) is 0. The van der Waals surface area contributed by atoms with Crippen molar-refractivity contribution in [2.24, 2.45) is 0 Å². The number of fused-ring (bicyclic) bond motifs is 1. The molecule has 1 fully saturated rings. The average Bonchev–Trinajstić information content (AvgIpc) is 2.97. The lowest BCUT2D eigenvalue weighted by atomic mass is 9.95. The number of ether oxygens (including phenoxy) is 1. The van der Waals surface area contributed by atoms with Crippen molar-refractivity contribution in [3.05, 3.63) is 30.6 Å². The van der Waals surface area contributed by atoms with E-state index in [1.54, 1.807) is 10.9 Å². The molecule has 2 aromatic rings. The topological polar surface area (TPSA) is 73.2 Å². The molecule has 122 valence electrons. The molecule has 1 aliphatic rings. The summed E-state index contributed by atoms with van der Waals surface area (Å²) >= 11 is 0. The molecule has 0 unspecified atom stereocenters. The van der Waals surface area contributed by atoms with E-state index in [4.69, 9.17) is 4.74 Å². The zero-order valence-corrected chi connectivity index (χ0v) is 13.0. The van der Waals surface area contributed by atoms with Crippen LogP contribution in [-0.2, 0) is 20.9 Å². The number of para-hydroxylation sites is 2. The van der Waals surface area contributed by atoms with Crippen molar-refractivity contribution in [2.45, 2.75) is 44.7 Å². The molecule has 0 aliphatic heterocycles. The van der Waals surface area contributed by atoms with E-state index in [0.717, 1.165) is 36.7 Å². The fourth-order valence-electron chi connectivity index (χ4n) is 2.98. The lowest BCUT2D eigenvalue weighted by Crippen LogP contribution is -2.38. The largest absolute Gasteiger partial charge is 0.454 e. The van der Waals surface area contributed by atoms with E-state index in [1.165, 1.54) is 6.42 Å². The molecule has 6 nitrogen and oxygen atoms in total. The summed E-state index contributed by atoms with van der Waals surface area (Å²) in [6, 6.07) is 7.80. The number of hydrogen-bond donors (Lipinski definition) is 1. The van der Waals surface area contributed by atoms with Crippen LogP contribution in [0.15, 0.2) is 30.6 Å². The number of carbonyl (C=O) groups is 2. The van der Waals surface area contributed by atoms with Gasteiger partial charge in [-0.15, -0.1) is 0 Å². The quantitative estimate of drug-likeness (QED) is 0.857. The zero-order valence-electron chi connectivity index (χ0n) is 13.0. The molecule has 1 heterocycles. The van der Waals surface area contributed by atoms with Crippen LogP contribution in [0.1, 0.15) is 32.1 Å². The molecule has 1 N–H and O–H groups in total. The highest BCUT2D eigenvalue weighted by Gasteiger charge is 2.16. The number of rotatable bonds is 5. The number of nitrogens with zero attached hydrogens (tertiary/aromatic N) is 2. The van der Waals surface area contributed by atoms with Gasteiger partial charge >= 0.3 is 5.97 Å². The first-order chi connectivity index (χ1) is 11.2. The van der Waals surface area contributed by atoms with E-state index in [1.807, 2.05) is 24.3 Å². The Hall–Kier alpha value is -2.37. The molecule has 1 amide bonds. The van der Waals surface area contributed by atoms with Gasteiger partial charge in [-0.2, -0.15) is 0 Å². The maximum Gasteiger partial charge on any atom is 0.326 e. The number of nitrogens with one attached hydrogen (secondary N) is 1. The maximum atomic E-state index is 11.9. The number of esters is 1. The summed E-state index contributed by atoms with van der Waals surface area (Å²) < 4.78 is 6.79. The first kappa shape index (κ1) is 15.5. The van der Waals surface area contributed by atoms with Crippen LogP contribution < -0.4 is 5.32 Å². The molecule has 1 aliphatic carbocycles. The highest BCUT2D eigenvalue weighted by molar-refractivity contribution is 5.81. The van der Waals surface area contributed by atoms with E-state index < -0.39 is 5.97 Å². The second-order valence-corrected chi connectivity index (χ2v) is 5.92. The minimum Gasteiger partial charge on any atom is -0.454 e. The van der Waals surface area contributed by atoms with Gasteiger partial charge in [-0.3, -0.25) is 9.59 Å². The lowest BCUT2D eigenvalue weighted by Gasteiger charge is -2.22. The summed E-state index contributed by atoms with van der Waals surface area (Å²) in [5.74, 6) is -0.660.